The predicted octanol–water partition coefficient (Wildman–Crippen LogP) is 3.91. The molecular formula is C23H25N3O3. The molecule has 0 saturated carbocycles. The minimum Gasteiger partial charge on any atom is -0.497 e. The summed E-state index contributed by atoms with van der Waals surface area (Å²) in [4.78, 5) is 15.1. The van der Waals surface area contributed by atoms with E-state index < -0.39 is 0 Å². The molecule has 1 atom stereocenters. The van der Waals surface area contributed by atoms with Gasteiger partial charge in [0.25, 0.3) is 5.91 Å². The van der Waals surface area contributed by atoms with Gasteiger partial charge in [-0.15, -0.1) is 0 Å². The maximum atomic E-state index is 13.3. The smallest absolute Gasteiger partial charge is 0.272 e. The van der Waals surface area contributed by atoms with Gasteiger partial charge in [0, 0.05) is 25.3 Å². The van der Waals surface area contributed by atoms with E-state index in [-0.39, 0.29) is 12.0 Å². The highest BCUT2D eigenvalue weighted by Gasteiger charge is 2.25. The Labute approximate surface area is 170 Å². The molecule has 150 valence electrons. The Balaban J connectivity index is 1.56. The number of benzene rings is 2. The molecule has 0 aliphatic carbocycles. The van der Waals surface area contributed by atoms with Crippen LogP contribution in [0.5, 0.6) is 5.75 Å². The van der Waals surface area contributed by atoms with E-state index in [1.54, 1.807) is 7.11 Å². The molecule has 1 unspecified atom stereocenters. The molecule has 2 aromatic carbocycles. The van der Waals surface area contributed by atoms with E-state index in [1.165, 1.54) is 0 Å². The Bertz CT molecular complexity index is 949. The van der Waals surface area contributed by atoms with Gasteiger partial charge >= 0.3 is 0 Å². The van der Waals surface area contributed by atoms with Gasteiger partial charge in [-0.2, -0.15) is 5.10 Å². The third-order valence-corrected chi connectivity index (χ3v) is 5.12. The number of rotatable bonds is 7. The topological polar surface area (TPSA) is 67.5 Å². The Kier molecular flexibility index (Phi) is 5.91. The van der Waals surface area contributed by atoms with Crippen LogP contribution >= 0.6 is 0 Å². The second-order valence-corrected chi connectivity index (χ2v) is 7.21. The number of H-pyrrole nitrogens is 1. The lowest BCUT2D eigenvalue weighted by atomic mass is 10.1. The molecule has 6 heteroatoms. The highest BCUT2D eigenvalue weighted by atomic mass is 16.5. The third-order valence-electron chi connectivity index (χ3n) is 5.12. The van der Waals surface area contributed by atoms with E-state index >= 15 is 0 Å². The second kappa shape index (κ2) is 8.92. The zero-order chi connectivity index (χ0) is 20.1. The number of nitrogens with zero attached hydrogens (tertiary/aromatic N) is 2. The quantitative estimate of drug-likeness (QED) is 0.663. The summed E-state index contributed by atoms with van der Waals surface area (Å²) in [5.41, 5.74) is 3.22. The number of carbonyl (C=O) groups excluding carboxylic acids is 1. The van der Waals surface area contributed by atoms with Gasteiger partial charge in [0.05, 0.1) is 18.9 Å². The largest absolute Gasteiger partial charge is 0.497 e. The summed E-state index contributed by atoms with van der Waals surface area (Å²) in [5.74, 6) is 0.693. The van der Waals surface area contributed by atoms with E-state index in [0.717, 1.165) is 42.0 Å². The molecule has 6 nitrogen and oxygen atoms in total. The van der Waals surface area contributed by atoms with Crippen LogP contribution in [0, 0.1) is 0 Å². The first kappa shape index (κ1) is 19.2. The molecule has 1 saturated heterocycles. The zero-order valence-electron chi connectivity index (χ0n) is 16.5. The van der Waals surface area contributed by atoms with Crippen LogP contribution < -0.4 is 4.74 Å². The fourth-order valence-corrected chi connectivity index (χ4v) is 3.60. The highest BCUT2D eigenvalue weighted by Crippen LogP contribution is 2.21. The standard InChI is InChI=1S/C23H25N3O3/c1-28-19-10-5-7-17(13-19)15-26(16-20-11-6-12-29-20)23(27)22-14-21(24-25-22)18-8-3-2-4-9-18/h2-5,7-10,13-14,20H,6,11-12,15-16H2,1H3,(H,24,25). The summed E-state index contributed by atoms with van der Waals surface area (Å²) < 4.78 is 11.1. The Morgan fingerprint density at radius 3 is 2.83 bits per heavy atom. The number of aromatic nitrogens is 2. The lowest BCUT2D eigenvalue weighted by Crippen LogP contribution is -2.37. The van der Waals surface area contributed by atoms with E-state index in [4.69, 9.17) is 9.47 Å². The number of amides is 1. The second-order valence-electron chi connectivity index (χ2n) is 7.21. The molecule has 1 aliphatic rings. The van der Waals surface area contributed by atoms with Crippen LogP contribution in [0.1, 0.15) is 28.9 Å². The monoisotopic (exact) mass is 391 g/mol. The van der Waals surface area contributed by atoms with Gasteiger partial charge in [-0.3, -0.25) is 9.89 Å². The molecule has 1 fully saturated rings. The van der Waals surface area contributed by atoms with Gasteiger partial charge in [0.15, 0.2) is 0 Å². The summed E-state index contributed by atoms with van der Waals surface area (Å²) in [6, 6.07) is 19.4. The van der Waals surface area contributed by atoms with Crippen molar-refractivity contribution in [3.05, 3.63) is 71.9 Å². The number of nitrogens with one attached hydrogen (secondary N) is 1. The van der Waals surface area contributed by atoms with Gasteiger partial charge in [0.2, 0.25) is 0 Å². The van der Waals surface area contributed by atoms with Crippen LogP contribution in [0.4, 0.5) is 0 Å². The molecule has 0 radical (unpaired) electrons. The maximum absolute atomic E-state index is 13.3. The summed E-state index contributed by atoms with van der Waals surface area (Å²) in [5, 5.41) is 7.24. The first-order valence-corrected chi connectivity index (χ1v) is 9.87. The number of hydrogen-bond donors (Lipinski definition) is 1. The van der Waals surface area contributed by atoms with Gasteiger partial charge in [-0.1, -0.05) is 42.5 Å². The summed E-state index contributed by atoms with van der Waals surface area (Å²) in [6.45, 7) is 1.79. The van der Waals surface area contributed by atoms with Crippen molar-refractivity contribution < 1.29 is 14.3 Å². The summed E-state index contributed by atoms with van der Waals surface area (Å²) >= 11 is 0. The highest BCUT2D eigenvalue weighted by molar-refractivity contribution is 5.93. The number of ether oxygens (including phenoxy) is 2. The van der Waals surface area contributed by atoms with Gasteiger partial charge in [0.1, 0.15) is 11.4 Å². The van der Waals surface area contributed by atoms with Crippen molar-refractivity contribution in [2.45, 2.75) is 25.5 Å². The first-order chi connectivity index (χ1) is 14.2. The van der Waals surface area contributed by atoms with Crippen molar-refractivity contribution in [2.75, 3.05) is 20.3 Å². The molecule has 0 spiro atoms. The van der Waals surface area contributed by atoms with Crippen molar-refractivity contribution in [3.8, 4) is 17.0 Å². The van der Waals surface area contributed by atoms with Crippen LogP contribution in [-0.4, -0.2) is 47.4 Å². The molecule has 1 aliphatic heterocycles. The lowest BCUT2D eigenvalue weighted by molar-refractivity contribution is 0.0502. The summed E-state index contributed by atoms with van der Waals surface area (Å²) in [6.07, 6.45) is 2.08. The van der Waals surface area contributed by atoms with Crippen molar-refractivity contribution in [2.24, 2.45) is 0 Å². The number of methoxy groups -OCH3 is 1. The average molecular weight is 391 g/mol. The number of carbonyl (C=O) groups is 1. The average Bonchev–Trinajstić information content (AvgIpc) is 3.46. The summed E-state index contributed by atoms with van der Waals surface area (Å²) in [7, 11) is 1.64. The van der Waals surface area contributed by atoms with Crippen LogP contribution in [-0.2, 0) is 11.3 Å². The minimum atomic E-state index is -0.0852. The lowest BCUT2D eigenvalue weighted by Gasteiger charge is -2.25. The van der Waals surface area contributed by atoms with Crippen molar-refractivity contribution >= 4 is 5.91 Å². The Morgan fingerprint density at radius 2 is 2.07 bits per heavy atom. The van der Waals surface area contributed by atoms with Gasteiger partial charge in [-0.25, -0.2) is 0 Å². The van der Waals surface area contributed by atoms with Crippen LogP contribution in [0.15, 0.2) is 60.7 Å². The van der Waals surface area contributed by atoms with E-state index in [9.17, 15) is 4.79 Å². The fourth-order valence-electron chi connectivity index (χ4n) is 3.60. The third kappa shape index (κ3) is 4.66. The Morgan fingerprint density at radius 1 is 1.21 bits per heavy atom. The first-order valence-electron chi connectivity index (χ1n) is 9.87. The van der Waals surface area contributed by atoms with Crippen LogP contribution in [0.25, 0.3) is 11.3 Å². The fraction of sp³-hybridized carbons (Fsp3) is 0.304. The minimum absolute atomic E-state index is 0.0704. The van der Waals surface area contributed by atoms with E-state index in [2.05, 4.69) is 10.2 Å². The van der Waals surface area contributed by atoms with Crippen LogP contribution in [0.3, 0.4) is 0 Å². The number of hydrogen-bond acceptors (Lipinski definition) is 4. The maximum Gasteiger partial charge on any atom is 0.272 e. The molecule has 29 heavy (non-hydrogen) atoms. The number of aromatic amines is 1. The molecule has 1 aromatic heterocycles. The van der Waals surface area contributed by atoms with E-state index in [1.807, 2.05) is 65.6 Å². The normalized spacial score (nSPS) is 16.0. The molecular weight excluding hydrogens is 366 g/mol. The van der Waals surface area contributed by atoms with Crippen molar-refractivity contribution in [1.29, 1.82) is 0 Å². The molecule has 0 bridgehead atoms. The SMILES string of the molecule is COc1cccc(CN(CC2CCCO2)C(=O)c2cc(-c3ccccc3)n[nH]2)c1. The van der Waals surface area contributed by atoms with Crippen molar-refractivity contribution in [3.63, 3.8) is 0 Å². The van der Waals surface area contributed by atoms with Gasteiger partial charge in [-0.05, 0) is 36.6 Å². The molecule has 1 amide bonds. The molecule has 3 aromatic rings. The molecule has 1 N–H and O–H groups in total. The zero-order valence-corrected chi connectivity index (χ0v) is 16.5. The predicted molar refractivity (Wildman–Crippen MR) is 111 cm³/mol. The Hall–Kier alpha value is -3.12. The van der Waals surface area contributed by atoms with Crippen molar-refractivity contribution in [1.82, 2.24) is 15.1 Å². The molecule has 2 heterocycles. The van der Waals surface area contributed by atoms with Crippen LogP contribution in [0.2, 0.25) is 0 Å². The van der Waals surface area contributed by atoms with Gasteiger partial charge < -0.3 is 14.4 Å². The molecule has 4 rings (SSSR count). The van der Waals surface area contributed by atoms with E-state index in [0.29, 0.717) is 18.8 Å².